The van der Waals surface area contributed by atoms with Gasteiger partial charge >= 0.3 is 12.1 Å². The molecule has 198 valence electrons. The van der Waals surface area contributed by atoms with Gasteiger partial charge in [-0.3, -0.25) is 0 Å². The lowest BCUT2D eigenvalue weighted by Gasteiger charge is -2.30. The maximum absolute atomic E-state index is 15.1. The fourth-order valence-corrected chi connectivity index (χ4v) is 5.24. The average Bonchev–Trinajstić information content (AvgIpc) is 3.44. The van der Waals surface area contributed by atoms with Crippen LogP contribution < -0.4 is 0 Å². The number of oxime groups is 1. The fourth-order valence-electron chi connectivity index (χ4n) is 5.24. The number of carbonyl (C=O) groups is 1. The molecular weight excluding hydrogens is 515 g/mol. The molecule has 0 spiro atoms. The van der Waals surface area contributed by atoms with Gasteiger partial charge in [-0.2, -0.15) is 13.2 Å². The lowest BCUT2D eigenvalue weighted by molar-refractivity contribution is -0.275. The van der Waals surface area contributed by atoms with Gasteiger partial charge in [0, 0.05) is 17.5 Å². The number of benzene rings is 5. The van der Waals surface area contributed by atoms with Crippen LogP contribution in [0.3, 0.4) is 0 Å². The third kappa shape index (κ3) is 4.29. The monoisotopic (exact) mass is 537 g/mol. The van der Waals surface area contributed by atoms with Crippen LogP contribution in [0.4, 0.5) is 13.2 Å². The summed E-state index contributed by atoms with van der Waals surface area (Å²) in [5.41, 5.74) is 0.535. The second-order valence-corrected chi connectivity index (χ2v) is 9.67. The minimum atomic E-state index is -4.81. The maximum atomic E-state index is 15.1. The van der Waals surface area contributed by atoms with Crippen molar-refractivity contribution in [1.82, 2.24) is 0 Å². The van der Waals surface area contributed by atoms with Crippen molar-refractivity contribution in [3.8, 4) is 22.3 Å². The molecule has 6 rings (SSSR count). The van der Waals surface area contributed by atoms with Gasteiger partial charge in [0.25, 0.3) is 5.60 Å². The molecule has 0 fully saturated rings. The van der Waals surface area contributed by atoms with Crippen molar-refractivity contribution in [2.75, 3.05) is 0 Å². The molecule has 0 radical (unpaired) electrons. The number of nitrogens with zero attached hydrogens (tertiary/aromatic N) is 1. The van der Waals surface area contributed by atoms with E-state index in [1.165, 1.54) is 24.3 Å². The number of rotatable bonds is 5. The molecule has 0 amide bonds. The molecule has 0 aliphatic carbocycles. The van der Waals surface area contributed by atoms with Gasteiger partial charge in [0.05, 0.1) is 11.3 Å². The summed E-state index contributed by atoms with van der Waals surface area (Å²) in [7, 11) is 0. The Morgan fingerprint density at radius 1 is 0.725 bits per heavy atom. The molecule has 0 saturated heterocycles. The molecule has 5 aromatic carbocycles. The van der Waals surface area contributed by atoms with Crippen molar-refractivity contribution in [2.24, 2.45) is 5.16 Å². The molecule has 1 heterocycles. The van der Waals surface area contributed by atoms with Gasteiger partial charge in [0.1, 0.15) is 0 Å². The number of alkyl halides is 3. The summed E-state index contributed by atoms with van der Waals surface area (Å²) in [6, 6.07) is 32.9. The van der Waals surface area contributed by atoms with Crippen molar-refractivity contribution in [2.45, 2.75) is 18.2 Å². The number of hydrogen-bond acceptors (Lipinski definition) is 3. The Bertz CT molecular complexity index is 1710. The van der Waals surface area contributed by atoms with E-state index in [-0.39, 0.29) is 16.8 Å². The van der Waals surface area contributed by atoms with Crippen LogP contribution in [0.25, 0.3) is 33.0 Å². The topological polar surface area (TPSA) is 58.9 Å². The fraction of sp³-hybridized carbons (Fsp3) is 0.0909. The molecule has 1 unspecified atom stereocenters. The highest BCUT2D eigenvalue weighted by molar-refractivity contribution is 6.15. The lowest BCUT2D eigenvalue weighted by Crippen LogP contribution is -2.42. The highest BCUT2D eigenvalue weighted by Crippen LogP contribution is 2.50. The van der Waals surface area contributed by atoms with Crippen molar-refractivity contribution < 1.29 is 27.9 Å². The van der Waals surface area contributed by atoms with Gasteiger partial charge in [-0.1, -0.05) is 96.2 Å². The molecular formula is C33H22F3NO3. The zero-order valence-electron chi connectivity index (χ0n) is 21.0. The number of hydrogen-bond donors (Lipinski definition) is 1. The molecule has 40 heavy (non-hydrogen) atoms. The standard InChI is InChI=1S/C33H22F3NO3/c34-33(35,36)32(20-30(37-40-32)28-15-16-29(31(38)39)27-14-8-7-13-26(27)28)25-18-23(21-9-3-1-4-10-21)17-24(19-25)22-11-5-2-6-12-22/h1-19H,20H2,(H,38,39). The second kappa shape index (κ2) is 9.68. The lowest BCUT2D eigenvalue weighted by atomic mass is 9.82. The number of halogens is 3. The van der Waals surface area contributed by atoms with E-state index in [4.69, 9.17) is 4.84 Å². The highest BCUT2D eigenvalue weighted by Gasteiger charge is 2.62. The third-order valence-corrected chi connectivity index (χ3v) is 7.26. The zero-order valence-corrected chi connectivity index (χ0v) is 21.0. The minimum Gasteiger partial charge on any atom is -0.478 e. The zero-order chi connectivity index (χ0) is 27.9. The predicted molar refractivity (Wildman–Crippen MR) is 148 cm³/mol. The first kappa shape index (κ1) is 25.4. The molecule has 1 aliphatic rings. The van der Waals surface area contributed by atoms with E-state index in [0.29, 0.717) is 27.5 Å². The van der Waals surface area contributed by atoms with E-state index in [0.717, 1.165) is 11.1 Å². The maximum Gasteiger partial charge on any atom is 0.435 e. The van der Waals surface area contributed by atoms with Crippen LogP contribution in [0.5, 0.6) is 0 Å². The molecule has 1 N–H and O–H groups in total. The van der Waals surface area contributed by atoms with Gasteiger partial charge in [0.2, 0.25) is 0 Å². The SMILES string of the molecule is O=C(O)c1ccc(C2=NOC(c3cc(-c4ccccc4)cc(-c4ccccc4)c3)(C(F)(F)F)C2)c2ccccc12. The van der Waals surface area contributed by atoms with E-state index >= 15 is 13.2 Å². The molecule has 5 aromatic rings. The van der Waals surface area contributed by atoms with Crippen LogP contribution in [-0.2, 0) is 10.4 Å². The van der Waals surface area contributed by atoms with E-state index in [1.54, 1.807) is 24.3 Å². The quantitative estimate of drug-likeness (QED) is 0.245. The van der Waals surface area contributed by atoms with Crippen LogP contribution in [0.2, 0.25) is 0 Å². The summed E-state index contributed by atoms with van der Waals surface area (Å²) in [5.74, 6) is -1.12. The molecule has 1 aliphatic heterocycles. The summed E-state index contributed by atoms with van der Waals surface area (Å²) in [6.07, 6.45) is -5.38. The number of fused-ring (bicyclic) bond motifs is 1. The largest absolute Gasteiger partial charge is 0.478 e. The summed E-state index contributed by atoms with van der Waals surface area (Å²) >= 11 is 0. The van der Waals surface area contributed by atoms with Gasteiger partial charge in [0.15, 0.2) is 0 Å². The summed E-state index contributed by atoms with van der Waals surface area (Å²) in [5, 5.41) is 14.5. The van der Waals surface area contributed by atoms with Gasteiger partial charge in [-0.05, 0) is 57.3 Å². The third-order valence-electron chi connectivity index (χ3n) is 7.26. The summed E-state index contributed by atoms with van der Waals surface area (Å²) in [4.78, 5) is 17.2. The Balaban J connectivity index is 1.51. The summed E-state index contributed by atoms with van der Waals surface area (Å²) < 4.78 is 45.2. The van der Waals surface area contributed by atoms with Crippen LogP contribution in [-0.4, -0.2) is 23.0 Å². The van der Waals surface area contributed by atoms with Crippen molar-refractivity contribution in [1.29, 1.82) is 0 Å². The normalized spacial score (nSPS) is 16.9. The predicted octanol–water partition coefficient (Wildman–Crippen LogP) is 8.45. The molecule has 0 aromatic heterocycles. The van der Waals surface area contributed by atoms with E-state index in [1.807, 2.05) is 66.7 Å². The van der Waals surface area contributed by atoms with Crippen LogP contribution >= 0.6 is 0 Å². The molecule has 7 heteroatoms. The molecule has 4 nitrogen and oxygen atoms in total. The van der Waals surface area contributed by atoms with Gasteiger partial charge in [-0.15, -0.1) is 0 Å². The smallest absolute Gasteiger partial charge is 0.435 e. The van der Waals surface area contributed by atoms with Crippen LogP contribution in [0.15, 0.2) is 120 Å². The Morgan fingerprint density at radius 2 is 1.27 bits per heavy atom. The van der Waals surface area contributed by atoms with E-state index < -0.39 is 24.2 Å². The first-order chi connectivity index (χ1) is 19.3. The van der Waals surface area contributed by atoms with Crippen LogP contribution in [0, 0.1) is 0 Å². The first-order valence-electron chi connectivity index (χ1n) is 12.6. The van der Waals surface area contributed by atoms with Gasteiger partial charge in [-0.25, -0.2) is 4.79 Å². The second-order valence-electron chi connectivity index (χ2n) is 9.67. The highest BCUT2D eigenvalue weighted by atomic mass is 19.4. The Kier molecular flexibility index (Phi) is 6.14. The molecule has 0 bridgehead atoms. The molecule has 0 saturated carbocycles. The first-order valence-corrected chi connectivity index (χ1v) is 12.6. The minimum absolute atomic E-state index is 0.0593. The Hall–Kier alpha value is -4.91. The molecule has 1 atom stereocenters. The van der Waals surface area contributed by atoms with Crippen molar-refractivity contribution in [3.63, 3.8) is 0 Å². The average molecular weight is 538 g/mol. The van der Waals surface area contributed by atoms with Crippen LogP contribution in [0.1, 0.15) is 27.9 Å². The van der Waals surface area contributed by atoms with Crippen molar-refractivity contribution in [3.05, 3.63) is 132 Å². The van der Waals surface area contributed by atoms with E-state index in [9.17, 15) is 9.90 Å². The van der Waals surface area contributed by atoms with E-state index in [2.05, 4.69) is 5.16 Å². The van der Waals surface area contributed by atoms with Crippen molar-refractivity contribution >= 4 is 22.5 Å². The number of carboxylic acid groups (broad SMARTS) is 1. The Labute approximate surface area is 228 Å². The number of aromatic carboxylic acids is 1. The Morgan fingerprint density at radius 3 is 1.82 bits per heavy atom. The summed E-state index contributed by atoms with van der Waals surface area (Å²) in [6.45, 7) is 0. The van der Waals surface area contributed by atoms with Gasteiger partial charge < -0.3 is 9.94 Å². The number of carboxylic acids is 1.